The van der Waals surface area contributed by atoms with Gasteiger partial charge in [0.1, 0.15) is 0 Å². The topological polar surface area (TPSA) is 83.3 Å². The number of nitrogens with zero attached hydrogens (tertiary/aromatic N) is 2. The first-order valence-electron chi connectivity index (χ1n) is 5.46. The zero-order valence-corrected chi connectivity index (χ0v) is 11.0. The number of hydrazine groups is 1. The van der Waals surface area contributed by atoms with Crippen molar-refractivity contribution in [3.63, 3.8) is 0 Å². The van der Waals surface area contributed by atoms with Crippen molar-refractivity contribution >= 4 is 17.2 Å². The van der Waals surface area contributed by atoms with E-state index in [1.54, 1.807) is 0 Å². The maximum absolute atomic E-state index is 11.2. The van der Waals surface area contributed by atoms with Gasteiger partial charge in [0.05, 0.1) is 5.69 Å². The third-order valence-corrected chi connectivity index (χ3v) is 3.17. The van der Waals surface area contributed by atoms with E-state index in [0.717, 1.165) is 31.7 Å². The zero-order valence-electron chi connectivity index (χ0n) is 10.2. The fraction of sp³-hybridized carbons (Fsp3) is 0.600. The molecule has 0 saturated heterocycles. The van der Waals surface area contributed by atoms with Crippen molar-refractivity contribution in [1.82, 2.24) is 20.6 Å². The minimum absolute atomic E-state index is 0.334. The second-order valence-electron chi connectivity index (χ2n) is 3.81. The molecule has 7 heteroatoms. The summed E-state index contributed by atoms with van der Waals surface area (Å²) in [5.74, 6) is 4.71. The smallest absolute Gasteiger partial charge is 0.294 e. The molecule has 1 amide bonds. The van der Waals surface area contributed by atoms with Gasteiger partial charge in [-0.2, -0.15) is 0 Å². The number of nitrogens with one attached hydrogen (secondary N) is 2. The van der Waals surface area contributed by atoms with E-state index in [4.69, 9.17) is 5.84 Å². The van der Waals surface area contributed by atoms with Crippen LogP contribution in [0.25, 0.3) is 0 Å². The highest BCUT2D eigenvalue weighted by atomic mass is 32.1. The summed E-state index contributed by atoms with van der Waals surface area (Å²) in [6, 6.07) is 0. The van der Waals surface area contributed by atoms with Crippen LogP contribution in [0.15, 0.2) is 5.38 Å². The number of carbonyl (C=O) groups excluding carboxylic acids is 1. The first-order chi connectivity index (χ1) is 8.17. The highest BCUT2D eigenvalue weighted by molar-refractivity contribution is 7.11. The summed E-state index contributed by atoms with van der Waals surface area (Å²) in [5.41, 5.74) is 2.98. The Morgan fingerprint density at radius 2 is 2.41 bits per heavy atom. The Balaban J connectivity index is 2.40. The summed E-state index contributed by atoms with van der Waals surface area (Å²) in [6.45, 7) is 2.75. The second-order valence-corrected chi connectivity index (χ2v) is 4.67. The largest absolute Gasteiger partial charge is 0.320 e. The Labute approximate surface area is 105 Å². The van der Waals surface area contributed by atoms with Crippen LogP contribution < -0.4 is 16.6 Å². The number of hydrogen-bond donors (Lipinski definition) is 3. The van der Waals surface area contributed by atoms with E-state index in [1.807, 2.05) is 19.5 Å². The Morgan fingerprint density at radius 1 is 1.65 bits per heavy atom. The molecule has 1 aromatic rings. The summed E-state index contributed by atoms with van der Waals surface area (Å²) in [6.07, 6.45) is 1.09. The summed E-state index contributed by atoms with van der Waals surface area (Å²) in [5, 5.41) is 5.40. The zero-order chi connectivity index (χ0) is 12.7. The molecule has 0 atom stereocenters. The van der Waals surface area contributed by atoms with Crippen molar-refractivity contribution in [2.45, 2.75) is 13.0 Å². The molecule has 17 heavy (non-hydrogen) atoms. The minimum Gasteiger partial charge on any atom is -0.320 e. The standard InChI is InChI=1S/C10H19N5OS/c1-12-4-3-5-15(2)6-8-7-17-10(13-8)9(16)14-11/h7,12H,3-6,11H2,1-2H3,(H,14,16). The van der Waals surface area contributed by atoms with Gasteiger partial charge in [-0.15, -0.1) is 11.3 Å². The quantitative estimate of drug-likeness (QED) is 0.272. The molecule has 0 aliphatic carbocycles. The molecule has 1 aromatic heterocycles. The van der Waals surface area contributed by atoms with Crippen LogP contribution in [0.4, 0.5) is 0 Å². The van der Waals surface area contributed by atoms with E-state index >= 15 is 0 Å². The third-order valence-electron chi connectivity index (χ3n) is 2.28. The van der Waals surface area contributed by atoms with Crippen LogP contribution in [0.5, 0.6) is 0 Å². The number of rotatable bonds is 7. The summed E-state index contributed by atoms with van der Waals surface area (Å²) < 4.78 is 0. The maximum Gasteiger partial charge on any atom is 0.294 e. The molecule has 0 radical (unpaired) electrons. The Bertz CT molecular complexity index is 354. The highest BCUT2D eigenvalue weighted by Crippen LogP contribution is 2.11. The molecule has 96 valence electrons. The van der Waals surface area contributed by atoms with Gasteiger partial charge in [-0.25, -0.2) is 10.8 Å². The van der Waals surface area contributed by atoms with E-state index in [1.165, 1.54) is 11.3 Å². The molecule has 0 aromatic carbocycles. The van der Waals surface area contributed by atoms with Crippen molar-refractivity contribution in [3.05, 3.63) is 16.1 Å². The van der Waals surface area contributed by atoms with Crippen molar-refractivity contribution < 1.29 is 4.79 Å². The number of nitrogens with two attached hydrogens (primary N) is 1. The number of aromatic nitrogens is 1. The molecule has 0 fully saturated rings. The SMILES string of the molecule is CNCCCN(C)Cc1csc(C(=O)NN)n1. The van der Waals surface area contributed by atoms with Gasteiger partial charge in [-0.1, -0.05) is 0 Å². The number of carbonyl (C=O) groups is 1. The Hall–Kier alpha value is -1.02. The lowest BCUT2D eigenvalue weighted by Crippen LogP contribution is -2.30. The molecule has 1 rings (SSSR count). The van der Waals surface area contributed by atoms with Gasteiger partial charge in [-0.3, -0.25) is 10.2 Å². The van der Waals surface area contributed by atoms with Crippen LogP contribution in [0, 0.1) is 0 Å². The van der Waals surface area contributed by atoms with Gasteiger partial charge in [0, 0.05) is 11.9 Å². The molecule has 0 aliphatic rings. The van der Waals surface area contributed by atoms with Crippen LogP contribution in [0.2, 0.25) is 0 Å². The molecule has 1 heterocycles. The lowest BCUT2D eigenvalue weighted by Gasteiger charge is -2.14. The van der Waals surface area contributed by atoms with Gasteiger partial charge in [-0.05, 0) is 33.6 Å². The van der Waals surface area contributed by atoms with E-state index < -0.39 is 0 Å². The number of thiazole rings is 1. The Kier molecular flexibility index (Phi) is 6.06. The number of nitrogen functional groups attached to an aromatic ring is 1. The van der Waals surface area contributed by atoms with Crippen molar-refractivity contribution in [1.29, 1.82) is 0 Å². The maximum atomic E-state index is 11.2. The molecule has 0 saturated carbocycles. The predicted octanol–water partition coefficient (Wildman–Crippen LogP) is -0.212. The van der Waals surface area contributed by atoms with Crippen molar-refractivity contribution in [2.75, 3.05) is 27.2 Å². The summed E-state index contributed by atoms with van der Waals surface area (Å²) in [7, 11) is 3.98. The van der Waals surface area contributed by atoms with Gasteiger partial charge in [0.25, 0.3) is 5.91 Å². The van der Waals surface area contributed by atoms with E-state index in [-0.39, 0.29) is 5.91 Å². The molecular formula is C10H19N5OS. The lowest BCUT2D eigenvalue weighted by molar-refractivity contribution is 0.0953. The number of amides is 1. The van der Waals surface area contributed by atoms with Crippen LogP contribution in [-0.2, 0) is 6.54 Å². The molecule has 0 unspecified atom stereocenters. The average Bonchev–Trinajstić information content (AvgIpc) is 2.77. The molecular weight excluding hydrogens is 238 g/mol. The van der Waals surface area contributed by atoms with E-state index in [0.29, 0.717) is 5.01 Å². The predicted molar refractivity (Wildman–Crippen MR) is 68.6 cm³/mol. The molecule has 0 bridgehead atoms. The van der Waals surface area contributed by atoms with Crippen LogP contribution in [-0.4, -0.2) is 43.0 Å². The van der Waals surface area contributed by atoms with Crippen molar-refractivity contribution in [3.8, 4) is 0 Å². The van der Waals surface area contributed by atoms with Gasteiger partial charge in [0.15, 0.2) is 5.01 Å². The lowest BCUT2D eigenvalue weighted by atomic mass is 10.3. The average molecular weight is 257 g/mol. The highest BCUT2D eigenvalue weighted by Gasteiger charge is 2.10. The Morgan fingerprint density at radius 3 is 3.06 bits per heavy atom. The first-order valence-corrected chi connectivity index (χ1v) is 6.33. The van der Waals surface area contributed by atoms with Crippen LogP contribution in [0.1, 0.15) is 21.9 Å². The summed E-state index contributed by atoms with van der Waals surface area (Å²) >= 11 is 1.31. The monoisotopic (exact) mass is 257 g/mol. The summed E-state index contributed by atoms with van der Waals surface area (Å²) in [4.78, 5) is 17.6. The molecule has 6 nitrogen and oxygen atoms in total. The fourth-order valence-electron chi connectivity index (χ4n) is 1.43. The fourth-order valence-corrected chi connectivity index (χ4v) is 2.14. The van der Waals surface area contributed by atoms with Crippen LogP contribution in [0.3, 0.4) is 0 Å². The van der Waals surface area contributed by atoms with Crippen molar-refractivity contribution in [2.24, 2.45) is 5.84 Å². The number of hydrogen-bond acceptors (Lipinski definition) is 6. The van der Waals surface area contributed by atoms with Gasteiger partial charge < -0.3 is 10.2 Å². The van der Waals surface area contributed by atoms with Crippen LogP contribution >= 0.6 is 11.3 Å². The minimum atomic E-state index is -0.334. The van der Waals surface area contributed by atoms with E-state index in [2.05, 4.69) is 20.6 Å². The molecule has 4 N–H and O–H groups in total. The second kappa shape index (κ2) is 7.33. The van der Waals surface area contributed by atoms with Gasteiger partial charge >= 0.3 is 0 Å². The molecule has 0 aliphatic heterocycles. The first kappa shape index (κ1) is 14.0. The van der Waals surface area contributed by atoms with Gasteiger partial charge in [0.2, 0.25) is 0 Å². The van der Waals surface area contributed by atoms with E-state index in [9.17, 15) is 4.79 Å². The normalized spacial score (nSPS) is 10.8. The molecule has 0 spiro atoms. The third kappa shape index (κ3) is 4.78.